The van der Waals surface area contributed by atoms with Crippen LogP contribution in [0.5, 0.6) is 0 Å². The van der Waals surface area contributed by atoms with Crippen molar-refractivity contribution in [1.82, 2.24) is 0 Å². The summed E-state index contributed by atoms with van der Waals surface area (Å²) in [5.74, 6) is 0.987. The van der Waals surface area contributed by atoms with E-state index in [-0.39, 0.29) is 0 Å². The molecule has 1 aromatic rings. The Morgan fingerprint density at radius 3 is 2.26 bits per heavy atom. The molecule has 0 amide bonds. The van der Waals surface area contributed by atoms with E-state index in [1.807, 2.05) is 6.07 Å². The third-order valence-electron chi connectivity index (χ3n) is 4.35. The Morgan fingerprint density at radius 1 is 1.05 bits per heavy atom. The zero-order chi connectivity index (χ0) is 13.7. The first-order valence-electron chi connectivity index (χ1n) is 7.69. The van der Waals surface area contributed by atoms with E-state index in [0.29, 0.717) is 17.5 Å². The molecule has 0 N–H and O–H groups in total. The summed E-state index contributed by atoms with van der Waals surface area (Å²) in [7, 11) is 0. The molecule has 1 aliphatic carbocycles. The van der Waals surface area contributed by atoms with Gasteiger partial charge in [-0.3, -0.25) is 0 Å². The predicted molar refractivity (Wildman–Crippen MR) is 81.0 cm³/mol. The highest BCUT2D eigenvalue weighted by atomic mass is 16.3. The number of benzene rings is 1. The van der Waals surface area contributed by atoms with E-state index in [1.54, 1.807) is 0 Å². The fourth-order valence-corrected chi connectivity index (χ4v) is 3.17. The van der Waals surface area contributed by atoms with Gasteiger partial charge in [0.05, 0.1) is 0 Å². The van der Waals surface area contributed by atoms with Crippen LogP contribution in [0.15, 0.2) is 23.4 Å². The minimum Gasteiger partial charge on any atom is -0.145 e. The maximum atomic E-state index is 11.0. The molecule has 0 heterocycles. The van der Waals surface area contributed by atoms with Crippen LogP contribution < -0.4 is 0 Å². The molecule has 0 aliphatic heterocycles. The Kier molecular flexibility index (Phi) is 5.12. The third kappa shape index (κ3) is 3.65. The molecule has 2 nitrogen and oxygen atoms in total. The van der Waals surface area contributed by atoms with E-state index in [1.165, 1.54) is 50.5 Å². The van der Waals surface area contributed by atoms with Crippen LogP contribution in [0.1, 0.15) is 81.8 Å². The quantitative estimate of drug-likeness (QED) is 0.609. The lowest BCUT2D eigenvalue weighted by molar-refractivity contribution is 0.455. The molecule has 0 saturated heterocycles. The largest absolute Gasteiger partial charge is 0.145 e. The number of nitrogens with zero attached hydrogens (tertiary/aromatic N) is 1. The summed E-state index contributed by atoms with van der Waals surface area (Å²) < 4.78 is 0. The molecule has 104 valence electrons. The fourth-order valence-electron chi connectivity index (χ4n) is 3.17. The van der Waals surface area contributed by atoms with Gasteiger partial charge >= 0.3 is 0 Å². The van der Waals surface area contributed by atoms with Crippen LogP contribution in [0, 0.1) is 4.91 Å². The molecule has 0 aromatic heterocycles. The molecule has 2 heteroatoms. The van der Waals surface area contributed by atoms with Crippen molar-refractivity contribution in [3.8, 4) is 0 Å². The average molecular weight is 259 g/mol. The standard InChI is InChI=1S/C17H25NO/c1-13(2)16-11-10-15(12-17(16)18-19)14-8-6-4-3-5-7-9-14/h10-14H,3-9H2,1-2H3. The highest BCUT2D eigenvalue weighted by molar-refractivity contribution is 5.50. The van der Waals surface area contributed by atoms with Gasteiger partial charge in [0.15, 0.2) is 0 Å². The molecule has 1 saturated carbocycles. The topological polar surface area (TPSA) is 29.4 Å². The first kappa shape index (κ1) is 14.2. The molecular weight excluding hydrogens is 234 g/mol. The highest BCUT2D eigenvalue weighted by Crippen LogP contribution is 2.35. The van der Waals surface area contributed by atoms with Crippen LogP contribution in [0.4, 0.5) is 5.69 Å². The van der Waals surface area contributed by atoms with Crippen molar-refractivity contribution in [2.45, 2.75) is 70.6 Å². The number of nitroso groups, excluding NO2 is 1. The van der Waals surface area contributed by atoms with E-state index in [0.717, 1.165) is 5.56 Å². The molecule has 2 rings (SSSR count). The van der Waals surface area contributed by atoms with Gasteiger partial charge in [0, 0.05) is 0 Å². The molecule has 19 heavy (non-hydrogen) atoms. The molecule has 0 bridgehead atoms. The summed E-state index contributed by atoms with van der Waals surface area (Å²) in [6.45, 7) is 4.22. The number of hydrogen-bond donors (Lipinski definition) is 0. The van der Waals surface area contributed by atoms with Crippen molar-refractivity contribution in [1.29, 1.82) is 0 Å². The Labute approximate surface area is 116 Å². The van der Waals surface area contributed by atoms with Crippen LogP contribution in [-0.2, 0) is 0 Å². The van der Waals surface area contributed by atoms with Gasteiger partial charge in [0.25, 0.3) is 0 Å². The molecule has 1 aliphatic rings. The van der Waals surface area contributed by atoms with Crippen molar-refractivity contribution < 1.29 is 0 Å². The molecular formula is C17H25NO. The number of hydrogen-bond acceptors (Lipinski definition) is 2. The number of rotatable bonds is 3. The van der Waals surface area contributed by atoms with Gasteiger partial charge in [-0.1, -0.05) is 58.1 Å². The summed E-state index contributed by atoms with van der Waals surface area (Å²) >= 11 is 0. The summed E-state index contributed by atoms with van der Waals surface area (Å²) in [5.41, 5.74) is 3.04. The summed E-state index contributed by atoms with van der Waals surface area (Å²) in [6.07, 6.45) is 9.28. The Morgan fingerprint density at radius 2 is 1.68 bits per heavy atom. The van der Waals surface area contributed by atoms with E-state index >= 15 is 0 Å². The van der Waals surface area contributed by atoms with Gasteiger partial charge in [-0.05, 0) is 47.0 Å². The van der Waals surface area contributed by atoms with Crippen LogP contribution in [0.3, 0.4) is 0 Å². The smallest absolute Gasteiger partial charge is 0.111 e. The zero-order valence-corrected chi connectivity index (χ0v) is 12.2. The zero-order valence-electron chi connectivity index (χ0n) is 12.2. The lowest BCUT2D eigenvalue weighted by Crippen LogP contribution is -2.03. The molecule has 0 atom stereocenters. The molecule has 0 radical (unpaired) electrons. The minimum atomic E-state index is 0.360. The van der Waals surface area contributed by atoms with Gasteiger partial charge in [-0.2, -0.15) is 0 Å². The van der Waals surface area contributed by atoms with Gasteiger partial charge in [0.1, 0.15) is 5.69 Å². The van der Waals surface area contributed by atoms with Crippen molar-refractivity contribution in [2.75, 3.05) is 0 Å². The van der Waals surface area contributed by atoms with E-state index in [2.05, 4.69) is 31.2 Å². The van der Waals surface area contributed by atoms with Gasteiger partial charge < -0.3 is 0 Å². The summed E-state index contributed by atoms with van der Waals surface area (Å²) in [4.78, 5) is 11.0. The fraction of sp³-hybridized carbons (Fsp3) is 0.647. The average Bonchev–Trinajstić information content (AvgIpc) is 2.37. The Hall–Kier alpha value is -1.18. The monoisotopic (exact) mass is 259 g/mol. The second-order valence-electron chi connectivity index (χ2n) is 6.11. The lowest BCUT2D eigenvalue weighted by Gasteiger charge is -2.21. The van der Waals surface area contributed by atoms with E-state index in [4.69, 9.17) is 0 Å². The molecule has 1 aromatic carbocycles. The second-order valence-corrected chi connectivity index (χ2v) is 6.11. The van der Waals surface area contributed by atoms with Crippen molar-refractivity contribution in [3.05, 3.63) is 34.2 Å². The maximum Gasteiger partial charge on any atom is 0.111 e. The second kappa shape index (κ2) is 6.83. The molecule has 0 unspecified atom stereocenters. The van der Waals surface area contributed by atoms with Crippen molar-refractivity contribution in [3.63, 3.8) is 0 Å². The first-order valence-corrected chi connectivity index (χ1v) is 7.69. The predicted octanol–water partition coefficient (Wildman–Crippen LogP) is 6.04. The van der Waals surface area contributed by atoms with E-state index in [9.17, 15) is 4.91 Å². The van der Waals surface area contributed by atoms with E-state index < -0.39 is 0 Å². The third-order valence-corrected chi connectivity index (χ3v) is 4.35. The highest BCUT2D eigenvalue weighted by Gasteiger charge is 2.16. The molecule has 0 spiro atoms. The summed E-state index contributed by atoms with van der Waals surface area (Å²) in [6, 6.07) is 6.36. The van der Waals surface area contributed by atoms with Gasteiger partial charge in [0.2, 0.25) is 0 Å². The van der Waals surface area contributed by atoms with Crippen LogP contribution >= 0.6 is 0 Å². The molecule has 1 fully saturated rings. The Bertz CT molecular complexity index is 417. The first-order chi connectivity index (χ1) is 9.22. The minimum absolute atomic E-state index is 0.360. The van der Waals surface area contributed by atoms with Crippen LogP contribution in [0.25, 0.3) is 0 Å². The summed E-state index contributed by atoms with van der Waals surface area (Å²) in [5, 5.41) is 3.24. The van der Waals surface area contributed by atoms with Gasteiger partial charge in [-0.15, -0.1) is 4.91 Å². The Balaban J connectivity index is 2.21. The van der Waals surface area contributed by atoms with Crippen LogP contribution in [0.2, 0.25) is 0 Å². The normalized spacial score (nSPS) is 18.1. The van der Waals surface area contributed by atoms with Crippen LogP contribution in [-0.4, -0.2) is 0 Å². The van der Waals surface area contributed by atoms with Crippen molar-refractivity contribution >= 4 is 5.69 Å². The maximum absolute atomic E-state index is 11.0. The lowest BCUT2D eigenvalue weighted by atomic mass is 9.85. The van der Waals surface area contributed by atoms with Gasteiger partial charge in [-0.25, -0.2) is 0 Å². The SMILES string of the molecule is CC(C)c1ccc(C2CCCCCCC2)cc1N=O. The van der Waals surface area contributed by atoms with Crippen molar-refractivity contribution in [2.24, 2.45) is 5.18 Å².